The number of rotatable bonds is 3. The topological polar surface area (TPSA) is 32.7 Å². The summed E-state index contributed by atoms with van der Waals surface area (Å²) in [7, 11) is 0. The molecule has 1 aliphatic rings. The van der Waals surface area contributed by atoms with Gasteiger partial charge in [-0.1, -0.05) is 18.5 Å². The van der Waals surface area contributed by atoms with E-state index in [1.165, 1.54) is 11.3 Å². The number of aliphatic hydroxyl groups is 1. The lowest BCUT2D eigenvalue weighted by molar-refractivity contribution is -0.0878. The predicted octanol–water partition coefficient (Wildman–Crippen LogP) is 2.16. The van der Waals surface area contributed by atoms with E-state index in [4.69, 9.17) is 16.3 Å². The molecule has 0 aliphatic carbocycles. The van der Waals surface area contributed by atoms with Gasteiger partial charge in [0.05, 0.1) is 10.9 Å². The summed E-state index contributed by atoms with van der Waals surface area (Å²) in [4.78, 5) is 3.17. The van der Waals surface area contributed by atoms with Crippen LogP contribution in [-0.2, 0) is 4.74 Å². The van der Waals surface area contributed by atoms with Crippen LogP contribution in [0.4, 0.5) is 0 Å². The van der Waals surface area contributed by atoms with Crippen LogP contribution in [-0.4, -0.2) is 42.4 Å². The molecule has 2 rings (SSSR count). The van der Waals surface area contributed by atoms with Gasteiger partial charge >= 0.3 is 0 Å². The lowest BCUT2D eigenvalue weighted by Crippen LogP contribution is -2.44. The van der Waals surface area contributed by atoms with Crippen LogP contribution in [0.5, 0.6) is 0 Å². The van der Waals surface area contributed by atoms with Crippen LogP contribution in [0.2, 0.25) is 4.34 Å². The van der Waals surface area contributed by atoms with Crippen LogP contribution in [0.15, 0.2) is 12.1 Å². The number of nitrogens with zero attached hydrogens (tertiary/aromatic N) is 1. The lowest BCUT2D eigenvalue weighted by Gasteiger charge is -2.34. The van der Waals surface area contributed by atoms with Gasteiger partial charge in [-0.15, -0.1) is 11.3 Å². The van der Waals surface area contributed by atoms with E-state index >= 15 is 0 Å². The van der Waals surface area contributed by atoms with Crippen LogP contribution in [0, 0.1) is 0 Å². The van der Waals surface area contributed by atoms with Gasteiger partial charge in [-0.2, -0.15) is 0 Å². The molecule has 2 atom stereocenters. The first-order chi connectivity index (χ1) is 7.70. The molecule has 1 aliphatic heterocycles. The number of thiophene rings is 1. The highest BCUT2D eigenvalue weighted by Crippen LogP contribution is 2.30. The van der Waals surface area contributed by atoms with Gasteiger partial charge in [0.2, 0.25) is 0 Å². The van der Waals surface area contributed by atoms with E-state index in [0.29, 0.717) is 10.9 Å². The Morgan fingerprint density at radius 3 is 3.12 bits per heavy atom. The molecular weight excluding hydrogens is 246 g/mol. The quantitative estimate of drug-likeness (QED) is 0.905. The summed E-state index contributed by atoms with van der Waals surface area (Å²) in [6.07, 6.45) is -0.699. The molecule has 1 fully saturated rings. The van der Waals surface area contributed by atoms with Gasteiger partial charge in [0.25, 0.3) is 0 Å². The van der Waals surface area contributed by atoms with Crippen molar-refractivity contribution in [1.29, 1.82) is 0 Å². The number of ether oxygens (including phenoxy) is 1. The molecule has 0 radical (unpaired) electrons. The van der Waals surface area contributed by atoms with Crippen LogP contribution in [0.25, 0.3) is 0 Å². The second-order valence-corrected chi connectivity index (χ2v) is 5.64. The summed E-state index contributed by atoms with van der Waals surface area (Å²) < 4.78 is 6.31. The molecule has 2 heterocycles. The van der Waals surface area contributed by atoms with Crippen LogP contribution in [0.3, 0.4) is 0 Å². The van der Waals surface area contributed by atoms with Crippen LogP contribution < -0.4 is 0 Å². The van der Waals surface area contributed by atoms with E-state index < -0.39 is 6.10 Å². The van der Waals surface area contributed by atoms with E-state index in [-0.39, 0.29) is 6.10 Å². The highest BCUT2D eigenvalue weighted by atomic mass is 35.5. The van der Waals surface area contributed by atoms with Crippen molar-refractivity contribution in [3.05, 3.63) is 21.3 Å². The maximum atomic E-state index is 10.2. The van der Waals surface area contributed by atoms with Gasteiger partial charge < -0.3 is 9.84 Å². The monoisotopic (exact) mass is 261 g/mol. The minimum Gasteiger partial charge on any atom is -0.385 e. The van der Waals surface area contributed by atoms with E-state index in [2.05, 4.69) is 11.8 Å². The number of aliphatic hydroxyl groups excluding tert-OH is 1. The molecule has 1 aromatic rings. The van der Waals surface area contributed by atoms with Gasteiger partial charge in [-0.25, -0.2) is 0 Å². The van der Waals surface area contributed by atoms with Crippen molar-refractivity contribution in [3.63, 3.8) is 0 Å². The minimum absolute atomic E-state index is 0.136. The van der Waals surface area contributed by atoms with Crippen molar-refractivity contribution in [3.8, 4) is 0 Å². The fourth-order valence-corrected chi connectivity index (χ4v) is 2.98. The molecule has 1 saturated heterocycles. The number of morpholine rings is 1. The van der Waals surface area contributed by atoms with Gasteiger partial charge in [-0.05, 0) is 18.7 Å². The van der Waals surface area contributed by atoms with Crippen molar-refractivity contribution in [1.82, 2.24) is 4.90 Å². The Bertz CT molecular complexity index is 344. The zero-order valence-corrected chi connectivity index (χ0v) is 10.8. The molecule has 0 bridgehead atoms. The first-order valence-electron chi connectivity index (χ1n) is 5.48. The van der Waals surface area contributed by atoms with E-state index in [1.54, 1.807) is 0 Å². The van der Waals surface area contributed by atoms with E-state index in [1.807, 2.05) is 12.1 Å². The maximum absolute atomic E-state index is 10.2. The third-order valence-electron chi connectivity index (χ3n) is 2.86. The number of halogens is 1. The van der Waals surface area contributed by atoms with E-state index in [9.17, 15) is 5.11 Å². The lowest BCUT2D eigenvalue weighted by atomic mass is 10.1. The summed E-state index contributed by atoms with van der Waals surface area (Å²) in [5.41, 5.74) is 0. The average Bonchev–Trinajstić information content (AvgIpc) is 2.75. The van der Waals surface area contributed by atoms with Crippen molar-refractivity contribution in [2.24, 2.45) is 0 Å². The molecule has 3 nitrogen and oxygen atoms in total. The summed E-state index contributed by atoms with van der Waals surface area (Å²) in [6.45, 7) is 5.54. The standard InChI is InChI=1S/C11H16ClNO2S/c1-2-13-5-6-15-8(7-13)11(14)9-3-4-10(12)16-9/h3-4,8,11,14H,2,5-7H2,1H3. The van der Waals surface area contributed by atoms with Crippen LogP contribution >= 0.6 is 22.9 Å². The molecular formula is C11H16ClNO2S. The predicted molar refractivity (Wildman–Crippen MR) is 66.1 cm³/mol. The Hall–Kier alpha value is -0.130. The molecule has 1 aromatic heterocycles. The molecule has 5 heteroatoms. The summed E-state index contributed by atoms with van der Waals surface area (Å²) in [5, 5.41) is 10.2. The normalized spacial score (nSPS) is 24.6. The van der Waals surface area contributed by atoms with Crippen molar-refractivity contribution < 1.29 is 9.84 Å². The van der Waals surface area contributed by atoms with Gasteiger partial charge in [0, 0.05) is 18.0 Å². The second kappa shape index (κ2) is 5.47. The number of hydrogen-bond acceptors (Lipinski definition) is 4. The van der Waals surface area contributed by atoms with Crippen molar-refractivity contribution in [2.75, 3.05) is 26.2 Å². The molecule has 16 heavy (non-hydrogen) atoms. The minimum atomic E-state index is -0.563. The number of likely N-dealkylation sites (N-methyl/N-ethyl adjacent to an activating group) is 1. The van der Waals surface area contributed by atoms with Gasteiger partial charge in [0.1, 0.15) is 12.2 Å². The van der Waals surface area contributed by atoms with Crippen molar-refractivity contribution >= 4 is 22.9 Å². The van der Waals surface area contributed by atoms with E-state index in [0.717, 1.165) is 24.5 Å². The fourth-order valence-electron chi connectivity index (χ4n) is 1.88. The highest BCUT2D eigenvalue weighted by molar-refractivity contribution is 7.16. The zero-order chi connectivity index (χ0) is 11.5. The maximum Gasteiger partial charge on any atom is 0.116 e. The average molecular weight is 262 g/mol. The molecule has 0 amide bonds. The summed E-state index contributed by atoms with van der Waals surface area (Å²) in [5.74, 6) is 0. The highest BCUT2D eigenvalue weighted by Gasteiger charge is 2.28. The van der Waals surface area contributed by atoms with Gasteiger partial charge in [0.15, 0.2) is 0 Å². The Morgan fingerprint density at radius 2 is 2.50 bits per heavy atom. The molecule has 0 saturated carbocycles. The first kappa shape index (κ1) is 12.3. The Balaban J connectivity index is 2.01. The van der Waals surface area contributed by atoms with Crippen LogP contribution in [0.1, 0.15) is 17.9 Å². The fraction of sp³-hybridized carbons (Fsp3) is 0.636. The Labute approximate surface area is 105 Å². The SMILES string of the molecule is CCN1CCOC(C(O)c2ccc(Cl)s2)C1. The largest absolute Gasteiger partial charge is 0.385 e. The summed E-state index contributed by atoms with van der Waals surface area (Å²) >= 11 is 7.27. The smallest absolute Gasteiger partial charge is 0.116 e. The molecule has 90 valence electrons. The Morgan fingerprint density at radius 1 is 1.69 bits per heavy atom. The van der Waals surface area contributed by atoms with Gasteiger partial charge in [-0.3, -0.25) is 4.90 Å². The first-order valence-corrected chi connectivity index (χ1v) is 6.67. The van der Waals surface area contributed by atoms with Crippen molar-refractivity contribution in [2.45, 2.75) is 19.1 Å². The third-order valence-corrected chi connectivity index (χ3v) is 4.16. The summed E-state index contributed by atoms with van der Waals surface area (Å²) in [6, 6.07) is 3.68. The molecule has 0 aromatic carbocycles. The molecule has 0 spiro atoms. The zero-order valence-electron chi connectivity index (χ0n) is 9.23. The number of hydrogen-bond donors (Lipinski definition) is 1. The Kier molecular flexibility index (Phi) is 4.21. The second-order valence-electron chi connectivity index (χ2n) is 3.89. The molecule has 1 N–H and O–H groups in total. The molecule has 2 unspecified atom stereocenters. The third kappa shape index (κ3) is 2.76.